The van der Waals surface area contributed by atoms with E-state index in [1.165, 1.54) is 0 Å². The Bertz CT molecular complexity index is 177. The van der Waals surface area contributed by atoms with Crippen molar-refractivity contribution in [2.45, 2.75) is 39.0 Å². The number of ketones is 1. The van der Waals surface area contributed by atoms with Crippen LogP contribution in [0.1, 0.15) is 39.0 Å². The minimum Gasteiger partial charge on any atom is -0.466 e. The smallest absolute Gasteiger partial charge is 0.313 e. The lowest BCUT2D eigenvalue weighted by atomic mass is 10.1. The highest BCUT2D eigenvalue weighted by atomic mass is 16.5. The molecule has 0 saturated heterocycles. The molecule has 4 heteroatoms. The highest BCUT2D eigenvalue weighted by Crippen LogP contribution is 2.02. The fraction of sp³-hybridized carbons (Fsp3) is 0.800. The van der Waals surface area contributed by atoms with Crippen LogP contribution in [0, 0.1) is 0 Å². The molecule has 14 heavy (non-hydrogen) atoms. The van der Waals surface area contributed by atoms with E-state index in [9.17, 15) is 9.59 Å². The van der Waals surface area contributed by atoms with Crippen molar-refractivity contribution in [3.63, 3.8) is 0 Å². The van der Waals surface area contributed by atoms with Crippen LogP contribution in [-0.4, -0.2) is 30.1 Å². The molecule has 0 radical (unpaired) electrons. The molecule has 0 aliphatic rings. The van der Waals surface area contributed by atoms with Gasteiger partial charge in [-0.3, -0.25) is 9.59 Å². The van der Waals surface area contributed by atoms with Gasteiger partial charge in [-0.05, 0) is 19.8 Å². The summed E-state index contributed by atoms with van der Waals surface area (Å²) in [6, 6.07) is 0. The molecule has 0 amide bonds. The van der Waals surface area contributed by atoms with Gasteiger partial charge in [-0.25, -0.2) is 0 Å². The van der Waals surface area contributed by atoms with E-state index in [4.69, 9.17) is 5.11 Å². The second-order valence-corrected chi connectivity index (χ2v) is 3.05. The Labute approximate surface area is 84.3 Å². The van der Waals surface area contributed by atoms with Crippen LogP contribution in [0.5, 0.6) is 0 Å². The summed E-state index contributed by atoms with van der Waals surface area (Å²) < 4.78 is 4.64. The van der Waals surface area contributed by atoms with Crippen LogP contribution in [0.4, 0.5) is 0 Å². The number of carbonyl (C=O) groups is 2. The summed E-state index contributed by atoms with van der Waals surface area (Å²) in [6.45, 7) is 2.19. The van der Waals surface area contributed by atoms with Crippen molar-refractivity contribution in [1.29, 1.82) is 0 Å². The van der Waals surface area contributed by atoms with Crippen LogP contribution in [0.3, 0.4) is 0 Å². The lowest BCUT2D eigenvalue weighted by Crippen LogP contribution is -2.10. The van der Waals surface area contributed by atoms with Gasteiger partial charge in [0.2, 0.25) is 0 Å². The Morgan fingerprint density at radius 1 is 1.21 bits per heavy atom. The van der Waals surface area contributed by atoms with Crippen LogP contribution in [0.15, 0.2) is 0 Å². The number of rotatable bonds is 8. The molecule has 0 aromatic heterocycles. The number of unbranched alkanes of at least 4 members (excludes halogenated alkanes) is 2. The zero-order chi connectivity index (χ0) is 10.8. The first-order valence-corrected chi connectivity index (χ1v) is 4.99. The maximum Gasteiger partial charge on any atom is 0.313 e. The molecular weight excluding hydrogens is 184 g/mol. The van der Waals surface area contributed by atoms with Gasteiger partial charge in [0.05, 0.1) is 6.61 Å². The summed E-state index contributed by atoms with van der Waals surface area (Å²) in [5.41, 5.74) is 0. The summed E-state index contributed by atoms with van der Waals surface area (Å²) in [5.74, 6) is -0.527. The number of hydrogen-bond acceptors (Lipinski definition) is 4. The number of aliphatic hydroxyl groups is 1. The van der Waals surface area contributed by atoms with Gasteiger partial charge in [0.15, 0.2) is 0 Å². The molecule has 0 saturated carbocycles. The summed E-state index contributed by atoms with van der Waals surface area (Å²) in [4.78, 5) is 22.0. The molecule has 0 bridgehead atoms. The van der Waals surface area contributed by atoms with Gasteiger partial charge in [0.1, 0.15) is 12.2 Å². The molecule has 0 aliphatic heterocycles. The summed E-state index contributed by atoms with van der Waals surface area (Å²) in [5, 5.41) is 8.49. The third kappa shape index (κ3) is 7.73. The first-order chi connectivity index (χ1) is 6.70. The molecule has 0 unspecified atom stereocenters. The van der Waals surface area contributed by atoms with Crippen LogP contribution in [-0.2, 0) is 14.3 Å². The minimum atomic E-state index is -0.445. The number of hydrogen-bond donors (Lipinski definition) is 1. The Morgan fingerprint density at radius 2 is 1.93 bits per heavy atom. The second-order valence-electron chi connectivity index (χ2n) is 3.05. The van der Waals surface area contributed by atoms with Crippen molar-refractivity contribution < 1.29 is 19.4 Å². The molecule has 0 aromatic rings. The van der Waals surface area contributed by atoms with Crippen LogP contribution >= 0.6 is 0 Å². The minimum absolute atomic E-state index is 0.0820. The Morgan fingerprint density at radius 3 is 2.50 bits per heavy atom. The fourth-order valence-corrected chi connectivity index (χ4v) is 1.07. The highest BCUT2D eigenvalue weighted by molar-refractivity contribution is 5.95. The van der Waals surface area contributed by atoms with Crippen LogP contribution in [0.2, 0.25) is 0 Å². The lowest BCUT2D eigenvalue weighted by Gasteiger charge is -2.01. The summed E-state index contributed by atoms with van der Waals surface area (Å²) in [6.07, 6.45) is 2.56. The number of esters is 1. The van der Waals surface area contributed by atoms with Gasteiger partial charge in [-0.2, -0.15) is 0 Å². The predicted octanol–water partition coefficient (Wildman–Crippen LogP) is 1.06. The SMILES string of the molecule is CCOC(=O)CC(=O)CCCCCO. The zero-order valence-corrected chi connectivity index (χ0v) is 8.62. The zero-order valence-electron chi connectivity index (χ0n) is 8.62. The molecule has 4 nitrogen and oxygen atoms in total. The van der Waals surface area contributed by atoms with Crippen LogP contribution < -0.4 is 0 Å². The maximum absolute atomic E-state index is 11.1. The molecule has 0 spiro atoms. The Hall–Kier alpha value is -0.900. The summed E-state index contributed by atoms with van der Waals surface area (Å²) >= 11 is 0. The predicted molar refractivity (Wildman–Crippen MR) is 51.8 cm³/mol. The Balaban J connectivity index is 3.40. The van der Waals surface area contributed by atoms with Crippen LogP contribution in [0.25, 0.3) is 0 Å². The molecule has 0 rings (SSSR count). The van der Waals surface area contributed by atoms with Gasteiger partial charge in [-0.15, -0.1) is 0 Å². The first kappa shape index (κ1) is 13.1. The van der Waals surface area contributed by atoms with Crippen molar-refractivity contribution in [2.75, 3.05) is 13.2 Å². The van der Waals surface area contributed by atoms with Crippen molar-refractivity contribution in [3.8, 4) is 0 Å². The largest absolute Gasteiger partial charge is 0.466 e. The van der Waals surface area contributed by atoms with E-state index in [2.05, 4.69) is 4.74 Å². The molecule has 0 aliphatic carbocycles. The van der Waals surface area contributed by atoms with E-state index < -0.39 is 5.97 Å². The number of aliphatic hydroxyl groups excluding tert-OH is 1. The van der Waals surface area contributed by atoms with E-state index in [1.807, 2.05) is 0 Å². The third-order valence-electron chi connectivity index (χ3n) is 1.76. The van der Waals surface area contributed by atoms with Gasteiger partial charge in [0.25, 0.3) is 0 Å². The van der Waals surface area contributed by atoms with E-state index in [1.54, 1.807) is 6.92 Å². The van der Waals surface area contributed by atoms with Crippen molar-refractivity contribution >= 4 is 11.8 Å². The summed E-state index contributed by atoms with van der Waals surface area (Å²) in [7, 11) is 0. The topological polar surface area (TPSA) is 63.6 Å². The number of Topliss-reactive ketones (excluding diaryl/α,β-unsaturated/α-hetero) is 1. The van der Waals surface area contributed by atoms with Gasteiger partial charge >= 0.3 is 5.97 Å². The van der Waals surface area contributed by atoms with Crippen molar-refractivity contribution in [2.24, 2.45) is 0 Å². The van der Waals surface area contributed by atoms with Crippen molar-refractivity contribution in [3.05, 3.63) is 0 Å². The monoisotopic (exact) mass is 202 g/mol. The lowest BCUT2D eigenvalue weighted by molar-refractivity contribution is -0.145. The number of carbonyl (C=O) groups excluding carboxylic acids is 2. The fourth-order valence-electron chi connectivity index (χ4n) is 1.07. The molecular formula is C10H18O4. The van der Waals surface area contributed by atoms with Crippen molar-refractivity contribution in [1.82, 2.24) is 0 Å². The standard InChI is InChI=1S/C10H18O4/c1-2-14-10(13)8-9(12)6-4-3-5-7-11/h11H,2-8H2,1H3. The average molecular weight is 202 g/mol. The molecule has 0 heterocycles. The Kier molecular flexibility index (Phi) is 8.13. The van der Waals surface area contributed by atoms with Gasteiger partial charge in [0, 0.05) is 13.0 Å². The second kappa shape index (κ2) is 8.69. The normalized spacial score (nSPS) is 9.86. The molecule has 0 fully saturated rings. The quantitative estimate of drug-likeness (QED) is 0.363. The maximum atomic E-state index is 11.1. The number of ether oxygens (including phenoxy) is 1. The van der Waals surface area contributed by atoms with E-state index in [0.717, 1.165) is 12.8 Å². The van der Waals surface area contributed by atoms with E-state index in [0.29, 0.717) is 19.4 Å². The van der Waals surface area contributed by atoms with Gasteiger partial charge in [-0.1, -0.05) is 6.42 Å². The molecule has 0 aromatic carbocycles. The molecule has 0 atom stereocenters. The van der Waals surface area contributed by atoms with E-state index in [-0.39, 0.29) is 18.8 Å². The first-order valence-electron chi connectivity index (χ1n) is 4.99. The third-order valence-corrected chi connectivity index (χ3v) is 1.76. The highest BCUT2D eigenvalue weighted by Gasteiger charge is 2.09. The molecule has 1 N–H and O–H groups in total. The average Bonchev–Trinajstić information content (AvgIpc) is 2.13. The van der Waals surface area contributed by atoms with E-state index >= 15 is 0 Å². The van der Waals surface area contributed by atoms with Gasteiger partial charge < -0.3 is 9.84 Å². The molecule has 82 valence electrons.